The van der Waals surface area contributed by atoms with E-state index in [2.05, 4.69) is 22.5 Å². The van der Waals surface area contributed by atoms with E-state index < -0.39 is 15.5 Å². The van der Waals surface area contributed by atoms with Crippen LogP contribution in [0.4, 0.5) is 13.2 Å². The Morgan fingerprint density at radius 3 is 2.33 bits per heavy atom. The van der Waals surface area contributed by atoms with Crippen LogP contribution in [-0.2, 0) is 10.0 Å². The lowest BCUT2D eigenvalue weighted by molar-refractivity contribution is -0.0496. The Balaban J connectivity index is 2.36. The van der Waals surface area contributed by atoms with Crippen LogP contribution < -0.4 is 10.6 Å². The topological polar surface area (TPSA) is 73.8 Å². The number of hydrogen-bond acceptors (Lipinski definition) is 3. The number of rotatable bonds is 7. The molecule has 0 aromatic rings. The van der Waals surface area contributed by atoms with Crippen LogP contribution in [0.15, 0.2) is 4.99 Å². The van der Waals surface area contributed by atoms with Crippen molar-refractivity contribution in [3.05, 3.63) is 0 Å². The largest absolute Gasteiger partial charge is 0.511 e. The summed E-state index contributed by atoms with van der Waals surface area (Å²) < 4.78 is 60.8. The number of guanidine groups is 1. The molecule has 0 atom stereocenters. The van der Waals surface area contributed by atoms with Crippen LogP contribution in [0.2, 0.25) is 0 Å². The van der Waals surface area contributed by atoms with Crippen LogP contribution in [0.1, 0.15) is 39.0 Å². The van der Waals surface area contributed by atoms with Crippen molar-refractivity contribution in [3.63, 3.8) is 0 Å². The first-order chi connectivity index (χ1) is 11.2. The quantitative estimate of drug-likeness (QED) is 0.407. The van der Waals surface area contributed by atoms with Crippen LogP contribution in [-0.4, -0.2) is 57.4 Å². The van der Waals surface area contributed by atoms with E-state index in [0.29, 0.717) is 29.7 Å². The Bertz CT molecular complexity index is 501. The lowest BCUT2D eigenvalue weighted by Crippen LogP contribution is -2.47. The zero-order valence-electron chi connectivity index (χ0n) is 14.2. The first kappa shape index (κ1) is 21.0. The minimum Gasteiger partial charge on any atom is -0.356 e. The lowest BCUT2D eigenvalue weighted by Gasteiger charge is -2.31. The molecule has 0 radical (unpaired) electrons. The Kier molecular flexibility index (Phi) is 8.28. The van der Waals surface area contributed by atoms with Crippen molar-refractivity contribution in [1.82, 2.24) is 14.9 Å². The number of hydrogen-bond donors (Lipinski definition) is 2. The number of piperidine rings is 1. The van der Waals surface area contributed by atoms with E-state index in [1.165, 1.54) is 0 Å². The van der Waals surface area contributed by atoms with Crippen LogP contribution in [0.25, 0.3) is 0 Å². The molecule has 2 N–H and O–H groups in total. The van der Waals surface area contributed by atoms with Gasteiger partial charge in [0.25, 0.3) is 0 Å². The third-order valence-corrected chi connectivity index (χ3v) is 5.69. The standard InChI is InChI=1S/C14H27F3N4O2S/c1-3-4-5-8-19-13(18-2)20-11-12-6-9-21(10-7-12)24(22,23)14(15,16)17/h12H,3-11H2,1-2H3,(H2,18,19,20). The van der Waals surface area contributed by atoms with Gasteiger partial charge in [-0.3, -0.25) is 4.99 Å². The number of alkyl halides is 3. The minimum absolute atomic E-state index is 0.100. The minimum atomic E-state index is -5.22. The van der Waals surface area contributed by atoms with Crippen LogP contribution in [0.5, 0.6) is 0 Å². The maximum Gasteiger partial charge on any atom is 0.511 e. The van der Waals surface area contributed by atoms with Gasteiger partial charge in [-0.05, 0) is 25.2 Å². The summed E-state index contributed by atoms with van der Waals surface area (Å²) >= 11 is 0. The van der Waals surface area contributed by atoms with Crippen molar-refractivity contribution >= 4 is 16.0 Å². The van der Waals surface area contributed by atoms with Crippen LogP contribution in [0.3, 0.4) is 0 Å². The molecule has 24 heavy (non-hydrogen) atoms. The van der Waals surface area contributed by atoms with Crippen molar-refractivity contribution in [2.24, 2.45) is 10.9 Å². The van der Waals surface area contributed by atoms with E-state index in [9.17, 15) is 21.6 Å². The summed E-state index contributed by atoms with van der Waals surface area (Å²) in [6, 6.07) is 0. The molecule has 1 aliphatic rings. The van der Waals surface area contributed by atoms with E-state index in [1.54, 1.807) is 7.05 Å². The van der Waals surface area contributed by atoms with Crippen molar-refractivity contribution in [1.29, 1.82) is 0 Å². The molecule has 0 saturated carbocycles. The second-order valence-corrected chi connectivity index (χ2v) is 7.81. The summed E-state index contributed by atoms with van der Waals surface area (Å²) in [7, 11) is -3.54. The fourth-order valence-corrected chi connectivity index (χ4v) is 3.53. The van der Waals surface area contributed by atoms with Crippen LogP contribution >= 0.6 is 0 Å². The van der Waals surface area contributed by atoms with E-state index in [4.69, 9.17) is 0 Å². The molecule has 6 nitrogen and oxygen atoms in total. The molecule has 0 aliphatic carbocycles. The number of halogens is 3. The molecule has 10 heteroatoms. The number of nitrogens with zero attached hydrogens (tertiary/aromatic N) is 2. The average molecular weight is 372 g/mol. The highest BCUT2D eigenvalue weighted by molar-refractivity contribution is 7.90. The zero-order chi connectivity index (χ0) is 18.2. The number of nitrogens with one attached hydrogen (secondary N) is 2. The fourth-order valence-electron chi connectivity index (χ4n) is 2.54. The van der Waals surface area contributed by atoms with Gasteiger partial charge in [0.05, 0.1) is 0 Å². The summed E-state index contributed by atoms with van der Waals surface area (Å²) in [6.45, 7) is 3.30. The van der Waals surface area contributed by atoms with Crippen molar-refractivity contribution in [2.45, 2.75) is 44.5 Å². The first-order valence-corrected chi connectivity index (χ1v) is 9.67. The number of unbranched alkanes of at least 4 members (excludes halogenated alkanes) is 2. The Morgan fingerprint density at radius 2 is 1.83 bits per heavy atom. The molecule has 0 unspecified atom stereocenters. The summed E-state index contributed by atoms with van der Waals surface area (Å²) in [6.07, 6.45) is 4.11. The van der Waals surface area contributed by atoms with E-state index in [1.807, 2.05) is 0 Å². The third-order valence-electron chi connectivity index (χ3n) is 4.06. The van der Waals surface area contributed by atoms with Gasteiger partial charge in [0, 0.05) is 33.2 Å². The van der Waals surface area contributed by atoms with Crippen molar-refractivity contribution < 1.29 is 21.6 Å². The molecule has 1 fully saturated rings. The predicted octanol–water partition coefficient (Wildman–Crippen LogP) is 1.90. The van der Waals surface area contributed by atoms with Gasteiger partial charge in [-0.2, -0.15) is 17.5 Å². The molecule has 0 aromatic carbocycles. The van der Waals surface area contributed by atoms with Gasteiger partial charge in [-0.15, -0.1) is 0 Å². The van der Waals surface area contributed by atoms with Gasteiger partial charge < -0.3 is 10.6 Å². The summed E-state index contributed by atoms with van der Waals surface area (Å²) in [5, 5.41) is 6.33. The zero-order valence-corrected chi connectivity index (χ0v) is 15.0. The highest BCUT2D eigenvalue weighted by atomic mass is 32.2. The highest BCUT2D eigenvalue weighted by Gasteiger charge is 2.50. The molecule has 1 heterocycles. The van der Waals surface area contributed by atoms with Gasteiger partial charge in [0.15, 0.2) is 5.96 Å². The molecule has 1 aliphatic heterocycles. The van der Waals surface area contributed by atoms with Crippen molar-refractivity contribution in [2.75, 3.05) is 33.2 Å². The second kappa shape index (κ2) is 9.45. The first-order valence-electron chi connectivity index (χ1n) is 8.23. The molecule has 1 rings (SSSR count). The SMILES string of the molecule is CCCCCNC(=NC)NCC1CCN(S(=O)(=O)C(F)(F)F)CC1. The molecule has 0 aromatic heterocycles. The molecule has 0 amide bonds. The number of sulfonamides is 1. The van der Waals surface area contributed by atoms with E-state index >= 15 is 0 Å². The monoisotopic (exact) mass is 372 g/mol. The van der Waals surface area contributed by atoms with E-state index in [-0.39, 0.29) is 19.0 Å². The van der Waals surface area contributed by atoms with Crippen LogP contribution in [0, 0.1) is 5.92 Å². The predicted molar refractivity (Wildman–Crippen MR) is 88.2 cm³/mol. The second-order valence-electron chi connectivity index (χ2n) is 5.88. The fraction of sp³-hybridized carbons (Fsp3) is 0.929. The molecular formula is C14H27F3N4O2S. The third kappa shape index (κ3) is 6.12. The molecule has 0 bridgehead atoms. The smallest absolute Gasteiger partial charge is 0.356 e. The maximum absolute atomic E-state index is 12.5. The van der Waals surface area contributed by atoms with Gasteiger partial charge in [0.2, 0.25) is 0 Å². The average Bonchev–Trinajstić information content (AvgIpc) is 2.53. The normalized spacial score (nSPS) is 18.6. The maximum atomic E-state index is 12.5. The molecular weight excluding hydrogens is 345 g/mol. The Hall–Kier alpha value is -1.03. The lowest BCUT2D eigenvalue weighted by atomic mass is 9.98. The molecule has 1 saturated heterocycles. The summed E-state index contributed by atoms with van der Waals surface area (Å²) in [5.74, 6) is 0.787. The highest BCUT2D eigenvalue weighted by Crippen LogP contribution is 2.30. The summed E-state index contributed by atoms with van der Waals surface area (Å²) in [4.78, 5) is 4.10. The van der Waals surface area contributed by atoms with Gasteiger partial charge in [-0.25, -0.2) is 8.42 Å². The van der Waals surface area contributed by atoms with Gasteiger partial charge >= 0.3 is 15.5 Å². The van der Waals surface area contributed by atoms with E-state index in [0.717, 1.165) is 25.8 Å². The Labute approximate surface area is 141 Å². The van der Waals surface area contributed by atoms with Gasteiger partial charge in [0.1, 0.15) is 0 Å². The van der Waals surface area contributed by atoms with Crippen molar-refractivity contribution in [3.8, 4) is 0 Å². The molecule has 142 valence electrons. The molecule has 0 spiro atoms. The Morgan fingerprint density at radius 1 is 1.21 bits per heavy atom. The summed E-state index contributed by atoms with van der Waals surface area (Å²) in [5.41, 5.74) is -5.22. The van der Waals surface area contributed by atoms with Gasteiger partial charge in [-0.1, -0.05) is 19.8 Å². The number of aliphatic imine (C=N–C) groups is 1.